The molecule has 0 radical (unpaired) electrons. The quantitative estimate of drug-likeness (QED) is 0.698. The molecule has 0 atom stereocenters. The number of hydrogen-bond donors (Lipinski definition) is 0. The lowest BCUT2D eigenvalue weighted by atomic mass is 9.71. The van der Waals surface area contributed by atoms with E-state index in [1.807, 2.05) is 6.92 Å². The molecular formula is C15H19FO. The fourth-order valence-corrected chi connectivity index (χ4v) is 2.69. The minimum Gasteiger partial charge on any atom is -0.294 e. The van der Waals surface area contributed by atoms with Crippen molar-refractivity contribution in [2.24, 2.45) is 5.41 Å². The minimum absolute atomic E-state index is 0.181. The van der Waals surface area contributed by atoms with Crippen LogP contribution in [-0.4, -0.2) is 5.78 Å². The Bertz CT molecular complexity index is 431. The Hall–Kier alpha value is -1.18. The van der Waals surface area contributed by atoms with Crippen molar-refractivity contribution in [3.8, 4) is 0 Å². The van der Waals surface area contributed by atoms with Crippen LogP contribution in [0, 0.1) is 18.2 Å². The molecule has 1 aromatic rings. The maximum Gasteiger partial charge on any atom is 0.168 e. The molecule has 0 N–H and O–H groups in total. The van der Waals surface area contributed by atoms with Crippen molar-refractivity contribution in [3.63, 3.8) is 0 Å². The molecule has 1 aromatic carbocycles. The maximum absolute atomic E-state index is 13.2. The van der Waals surface area contributed by atoms with Crippen LogP contribution >= 0.6 is 0 Å². The second-order valence-corrected chi connectivity index (χ2v) is 5.41. The summed E-state index contributed by atoms with van der Waals surface area (Å²) in [6, 6.07) is 4.69. The van der Waals surface area contributed by atoms with Gasteiger partial charge in [-0.15, -0.1) is 0 Å². The van der Waals surface area contributed by atoms with Gasteiger partial charge in [-0.1, -0.05) is 26.2 Å². The molecule has 0 spiro atoms. The second kappa shape index (κ2) is 4.59. The van der Waals surface area contributed by atoms with Crippen molar-refractivity contribution >= 4 is 5.78 Å². The summed E-state index contributed by atoms with van der Waals surface area (Å²) in [7, 11) is 0. The third kappa shape index (κ3) is 2.41. The van der Waals surface area contributed by atoms with Gasteiger partial charge in [0, 0.05) is 11.0 Å². The molecular weight excluding hydrogens is 215 g/mol. The van der Waals surface area contributed by atoms with Crippen molar-refractivity contribution in [2.75, 3.05) is 0 Å². The maximum atomic E-state index is 13.2. The molecule has 0 heterocycles. The molecule has 1 fully saturated rings. The standard InChI is InChI=1S/C15H19FO/c1-11-10-12(6-7-13(11)16)14(17)15(2)8-4-3-5-9-15/h6-7,10H,3-5,8-9H2,1-2H3. The van der Waals surface area contributed by atoms with E-state index in [2.05, 4.69) is 0 Å². The van der Waals surface area contributed by atoms with Crippen LogP contribution < -0.4 is 0 Å². The monoisotopic (exact) mass is 234 g/mol. The van der Waals surface area contributed by atoms with E-state index in [1.165, 1.54) is 12.5 Å². The lowest BCUT2D eigenvalue weighted by Crippen LogP contribution is -2.30. The average molecular weight is 234 g/mol. The van der Waals surface area contributed by atoms with Crippen LogP contribution in [-0.2, 0) is 0 Å². The molecule has 0 bridgehead atoms. The fourth-order valence-electron chi connectivity index (χ4n) is 2.69. The van der Waals surface area contributed by atoms with Gasteiger partial charge in [0.2, 0.25) is 0 Å². The van der Waals surface area contributed by atoms with Gasteiger partial charge in [-0.05, 0) is 43.5 Å². The highest BCUT2D eigenvalue weighted by molar-refractivity contribution is 6.00. The van der Waals surface area contributed by atoms with Gasteiger partial charge in [-0.25, -0.2) is 4.39 Å². The highest BCUT2D eigenvalue weighted by atomic mass is 19.1. The van der Waals surface area contributed by atoms with Gasteiger partial charge in [-0.3, -0.25) is 4.79 Å². The molecule has 0 aliphatic heterocycles. The van der Waals surface area contributed by atoms with E-state index in [1.54, 1.807) is 19.1 Å². The summed E-state index contributed by atoms with van der Waals surface area (Å²) in [5.74, 6) is -0.0596. The number of benzene rings is 1. The number of Topliss-reactive ketones (excluding diaryl/α,β-unsaturated/α-hetero) is 1. The van der Waals surface area contributed by atoms with Crippen LogP contribution in [0.1, 0.15) is 54.9 Å². The van der Waals surface area contributed by atoms with E-state index in [4.69, 9.17) is 0 Å². The van der Waals surface area contributed by atoms with Crippen molar-refractivity contribution in [2.45, 2.75) is 46.0 Å². The van der Waals surface area contributed by atoms with Crippen molar-refractivity contribution in [3.05, 3.63) is 35.1 Å². The number of carbonyl (C=O) groups excluding carboxylic acids is 1. The Labute approximate surface area is 102 Å². The molecule has 0 aromatic heterocycles. The first-order valence-corrected chi connectivity index (χ1v) is 6.34. The molecule has 1 aliphatic carbocycles. The summed E-state index contributed by atoms with van der Waals surface area (Å²) in [5.41, 5.74) is 0.978. The molecule has 2 rings (SSSR count). The molecule has 1 nitrogen and oxygen atoms in total. The number of hydrogen-bond acceptors (Lipinski definition) is 1. The zero-order valence-electron chi connectivity index (χ0n) is 10.6. The number of rotatable bonds is 2. The van der Waals surface area contributed by atoms with E-state index >= 15 is 0 Å². The summed E-state index contributed by atoms with van der Waals surface area (Å²) in [6.07, 6.45) is 5.40. The van der Waals surface area contributed by atoms with Crippen LogP contribution in [0.5, 0.6) is 0 Å². The zero-order chi connectivity index (χ0) is 12.5. The Balaban J connectivity index is 2.26. The van der Waals surface area contributed by atoms with E-state index in [9.17, 15) is 9.18 Å². The molecule has 92 valence electrons. The van der Waals surface area contributed by atoms with E-state index in [0.29, 0.717) is 11.1 Å². The predicted molar refractivity (Wildman–Crippen MR) is 66.7 cm³/mol. The van der Waals surface area contributed by atoms with Crippen molar-refractivity contribution < 1.29 is 9.18 Å². The highest BCUT2D eigenvalue weighted by Gasteiger charge is 2.34. The first-order valence-electron chi connectivity index (χ1n) is 6.34. The van der Waals surface area contributed by atoms with Crippen LogP contribution in [0.2, 0.25) is 0 Å². The Morgan fingerprint density at radius 2 is 1.88 bits per heavy atom. The van der Waals surface area contributed by atoms with Crippen LogP contribution in [0.15, 0.2) is 18.2 Å². The van der Waals surface area contributed by atoms with E-state index in [0.717, 1.165) is 25.7 Å². The third-order valence-corrected chi connectivity index (χ3v) is 3.93. The number of aryl methyl sites for hydroxylation is 1. The lowest BCUT2D eigenvalue weighted by molar-refractivity contribution is 0.0749. The fraction of sp³-hybridized carbons (Fsp3) is 0.533. The smallest absolute Gasteiger partial charge is 0.168 e. The van der Waals surface area contributed by atoms with Gasteiger partial charge >= 0.3 is 0 Å². The first-order chi connectivity index (χ1) is 8.03. The normalized spacial score (nSPS) is 19.0. The highest BCUT2D eigenvalue weighted by Crippen LogP contribution is 2.38. The summed E-state index contributed by atoms with van der Waals surface area (Å²) in [5, 5.41) is 0. The van der Waals surface area contributed by atoms with Gasteiger partial charge in [0.1, 0.15) is 5.82 Å². The first kappa shape index (κ1) is 12.3. The Morgan fingerprint density at radius 3 is 2.47 bits per heavy atom. The van der Waals surface area contributed by atoms with Gasteiger partial charge in [0.15, 0.2) is 5.78 Å². The van der Waals surface area contributed by atoms with Crippen molar-refractivity contribution in [1.82, 2.24) is 0 Å². The summed E-state index contributed by atoms with van der Waals surface area (Å²) < 4.78 is 13.2. The number of ketones is 1. The van der Waals surface area contributed by atoms with E-state index < -0.39 is 0 Å². The molecule has 0 amide bonds. The van der Waals surface area contributed by atoms with Gasteiger partial charge < -0.3 is 0 Å². The summed E-state index contributed by atoms with van der Waals surface area (Å²) >= 11 is 0. The molecule has 1 aliphatic rings. The minimum atomic E-state index is -0.240. The molecule has 17 heavy (non-hydrogen) atoms. The second-order valence-electron chi connectivity index (χ2n) is 5.41. The van der Waals surface area contributed by atoms with Gasteiger partial charge in [0.05, 0.1) is 0 Å². The Morgan fingerprint density at radius 1 is 1.24 bits per heavy atom. The van der Waals surface area contributed by atoms with E-state index in [-0.39, 0.29) is 17.0 Å². The van der Waals surface area contributed by atoms with Crippen LogP contribution in [0.3, 0.4) is 0 Å². The summed E-state index contributed by atoms with van der Waals surface area (Å²) in [6.45, 7) is 3.75. The SMILES string of the molecule is Cc1cc(C(=O)C2(C)CCCCC2)ccc1F. The molecule has 2 heteroatoms. The van der Waals surface area contributed by atoms with Gasteiger partial charge in [-0.2, -0.15) is 0 Å². The van der Waals surface area contributed by atoms with Gasteiger partial charge in [0.25, 0.3) is 0 Å². The largest absolute Gasteiger partial charge is 0.294 e. The predicted octanol–water partition coefficient (Wildman–Crippen LogP) is 4.29. The molecule has 1 saturated carbocycles. The van der Waals surface area contributed by atoms with Crippen LogP contribution in [0.25, 0.3) is 0 Å². The molecule has 0 saturated heterocycles. The molecule has 0 unspecified atom stereocenters. The number of halogens is 1. The number of carbonyl (C=O) groups is 1. The summed E-state index contributed by atoms with van der Waals surface area (Å²) in [4.78, 5) is 12.5. The zero-order valence-corrected chi connectivity index (χ0v) is 10.6. The Kier molecular flexibility index (Phi) is 3.32. The van der Waals surface area contributed by atoms with Crippen molar-refractivity contribution in [1.29, 1.82) is 0 Å². The lowest BCUT2D eigenvalue weighted by Gasteiger charge is -2.32. The van der Waals surface area contributed by atoms with Crippen LogP contribution in [0.4, 0.5) is 4.39 Å². The average Bonchev–Trinajstić information content (AvgIpc) is 2.33. The third-order valence-electron chi connectivity index (χ3n) is 3.93. The topological polar surface area (TPSA) is 17.1 Å².